The summed E-state index contributed by atoms with van der Waals surface area (Å²) in [6, 6.07) is 14.8. The quantitative estimate of drug-likeness (QED) is 0.860. The summed E-state index contributed by atoms with van der Waals surface area (Å²) in [6.07, 6.45) is 1.83. The first-order valence-electron chi connectivity index (χ1n) is 6.71. The summed E-state index contributed by atoms with van der Waals surface area (Å²) in [4.78, 5) is 0. The lowest BCUT2D eigenvalue weighted by Crippen LogP contribution is -2.25. The Hall–Kier alpha value is -1.96. The van der Waals surface area contributed by atoms with E-state index in [4.69, 9.17) is 0 Å². The van der Waals surface area contributed by atoms with Gasteiger partial charge >= 0.3 is 0 Å². The highest BCUT2D eigenvalue weighted by atomic mass is 16.3. The summed E-state index contributed by atoms with van der Waals surface area (Å²) in [5.74, 6) is 0.563. The Bertz CT molecular complexity index is 509. The number of hydrogen-bond donors (Lipinski definition) is 2. The van der Waals surface area contributed by atoms with Gasteiger partial charge in [0.1, 0.15) is 11.5 Å². The smallest absolute Gasteiger partial charge is 0.115 e. The molecule has 2 N–H and O–H groups in total. The van der Waals surface area contributed by atoms with Crippen LogP contribution in [0.2, 0.25) is 0 Å². The molecule has 0 aliphatic carbocycles. The van der Waals surface area contributed by atoms with Gasteiger partial charge in [-0.05, 0) is 48.2 Å². The molecule has 0 saturated carbocycles. The van der Waals surface area contributed by atoms with Crippen molar-refractivity contribution in [3.8, 4) is 11.5 Å². The summed E-state index contributed by atoms with van der Waals surface area (Å²) in [5, 5.41) is 19.4. The summed E-state index contributed by atoms with van der Waals surface area (Å²) < 4.78 is 0. The number of phenols is 2. The molecular formula is C17H20O2. The third-order valence-corrected chi connectivity index (χ3v) is 4.00. The number of aromatic hydroxyl groups is 2. The van der Waals surface area contributed by atoms with Crippen molar-refractivity contribution in [3.05, 3.63) is 59.7 Å². The van der Waals surface area contributed by atoms with Crippen molar-refractivity contribution < 1.29 is 10.2 Å². The van der Waals surface area contributed by atoms with Crippen LogP contribution in [0.4, 0.5) is 0 Å². The van der Waals surface area contributed by atoms with Crippen LogP contribution in [0, 0.1) is 0 Å². The van der Waals surface area contributed by atoms with Gasteiger partial charge in [-0.15, -0.1) is 0 Å². The van der Waals surface area contributed by atoms with Crippen molar-refractivity contribution in [2.75, 3.05) is 0 Å². The van der Waals surface area contributed by atoms with E-state index in [1.807, 2.05) is 36.4 Å². The zero-order valence-electron chi connectivity index (χ0n) is 11.4. The number of hydrogen-bond acceptors (Lipinski definition) is 2. The zero-order chi connectivity index (χ0) is 13.9. The SMILES string of the molecule is CCC(CC)(c1cccc(O)c1)c1cccc(O)c1. The third-order valence-electron chi connectivity index (χ3n) is 4.00. The van der Waals surface area contributed by atoms with E-state index >= 15 is 0 Å². The van der Waals surface area contributed by atoms with Crippen LogP contribution in [0.3, 0.4) is 0 Å². The normalized spacial score (nSPS) is 11.5. The van der Waals surface area contributed by atoms with E-state index in [1.54, 1.807) is 12.1 Å². The van der Waals surface area contributed by atoms with Crippen LogP contribution in [-0.2, 0) is 5.41 Å². The Kier molecular flexibility index (Phi) is 3.79. The van der Waals surface area contributed by atoms with Gasteiger partial charge in [-0.3, -0.25) is 0 Å². The lowest BCUT2D eigenvalue weighted by atomic mass is 9.70. The third kappa shape index (κ3) is 2.43. The molecule has 0 atom stereocenters. The molecule has 100 valence electrons. The molecule has 0 saturated heterocycles. The molecule has 0 heterocycles. The van der Waals surface area contributed by atoms with Gasteiger partial charge in [0.05, 0.1) is 0 Å². The van der Waals surface area contributed by atoms with Crippen LogP contribution in [0.5, 0.6) is 11.5 Å². The van der Waals surface area contributed by atoms with E-state index in [2.05, 4.69) is 13.8 Å². The predicted octanol–water partition coefficient (Wildman–Crippen LogP) is 4.20. The van der Waals surface area contributed by atoms with Crippen molar-refractivity contribution in [1.82, 2.24) is 0 Å². The predicted molar refractivity (Wildman–Crippen MR) is 77.6 cm³/mol. The molecule has 19 heavy (non-hydrogen) atoms. The fraction of sp³-hybridized carbons (Fsp3) is 0.294. The highest BCUT2D eigenvalue weighted by molar-refractivity contribution is 5.44. The maximum absolute atomic E-state index is 9.72. The molecule has 0 radical (unpaired) electrons. The molecule has 2 rings (SSSR count). The van der Waals surface area contributed by atoms with E-state index in [9.17, 15) is 10.2 Å². The maximum Gasteiger partial charge on any atom is 0.115 e. The van der Waals surface area contributed by atoms with Crippen molar-refractivity contribution >= 4 is 0 Å². The highest BCUT2D eigenvalue weighted by Crippen LogP contribution is 2.40. The maximum atomic E-state index is 9.72. The lowest BCUT2D eigenvalue weighted by molar-refractivity contribution is 0.449. The van der Waals surface area contributed by atoms with Gasteiger partial charge in [-0.1, -0.05) is 38.1 Å². The van der Waals surface area contributed by atoms with Gasteiger partial charge in [0.15, 0.2) is 0 Å². The van der Waals surface area contributed by atoms with Crippen LogP contribution in [0.25, 0.3) is 0 Å². The molecule has 0 aliphatic rings. The molecule has 0 amide bonds. The van der Waals surface area contributed by atoms with E-state index in [1.165, 1.54) is 0 Å². The van der Waals surface area contributed by atoms with Crippen LogP contribution >= 0.6 is 0 Å². The van der Waals surface area contributed by atoms with E-state index < -0.39 is 0 Å². The van der Waals surface area contributed by atoms with Crippen molar-refractivity contribution in [1.29, 1.82) is 0 Å². The van der Waals surface area contributed by atoms with Crippen molar-refractivity contribution in [2.45, 2.75) is 32.1 Å². The molecule has 2 aromatic rings. The summed E-state index contributed by atoms with van der Waals surface area (Å²) in [7, 11) is 0. The number of rotatable bonds is 4. The zero-order valence-corrected chi connectivity index (χ0v) is 11.4. The molecular weight excluding hydrogens is 236 g/mol. The fourth-order valence-corrected chi connectivity index (χ4v) is 2.84. The molecule has 0 unspecified atom stereocenters. The number of benzene rings is 2. The first kappa shape index (κ1) is 13.5. The monoisotopic (exact) mass is 256 g/mol. The minimum Gasteiger partial charge on any atom is -0.508 e. The summed E-state index contributed by atoms with van der Waals surface area (Å²) in [6.45, 7) is 4.27. The molecule has 0 aromatic heterocycles. The molecule has 0 aliphatic heterocycles. The summed E-state index contributed by atoms with van der Waals surface area (Å²) in [5.41, 5.74) is 2.00. The van der Waals surface area contributed by atoms with Crippen LogP contribution in [0.1, 0.15) is 37.8 Å². The molecule has 0 bridgehead atoms. The van der Waals surface area contributed by atoms with Crippen LogP contribution < -0.4 is 0 Å². The molecule has 2 nitrogen and oxygen atoms in total. The van der Waals surface area contributed by atoms with Gasteiger partial charge in [-0.25, -0.2) is 0 Å². The van der Waals surface area contributed by atoms with E-state index in [0.29, 0.717) is 0 Å². The molecule has 0 fully saturated rings. The Morgan fingerprint density at radius 2 is 1.21 bits per heavy atom. The average molecular weight is 256 g/mol. The summed E-state index contributed by atoms with van der Waals surface area (Å²) >= 11 is 0. The van der Waals surface area contributed by atoms with Gasteiger partial charge in [0.25, 0.3) is 0 Å². The first-order chi connectivity index (χ1) is 9.12. The first-order valence-corrected chi connectivity index (χ1v) is 6.71. The van der Waals surface area contributed by atoms with Crippen LogP contribution in [0.15, 0.2) is 48.5 Å². The Morgan fingerprint density at radius 3 is 1.53 bits per heavy atom. The Morgan fingerprint density at radius 1 is 0.789 bits per heavy atom. The van der Waals surface area contributed by atoms with Crippen LogP contribution in [-0.4, -0.2) is 10.2 Å². The molecule has 0 spiro atoms. The number of phenolic OH excluding ortho intramolecular Hbond substituents is 2. The second-order valence-electron chi connectivity index (χ2n) is 4.89. The van der Waals surface area contributed by atoms with Crippen molar-refractivity contribution in [3.63, 3.8) is 0 Å². The van der Waals surface area contributed by atoms with E-state index in [-0.39, 0.29) is 16.9 Å². The Balaban J connectivity index is 2.60. The Labute approximate surface area is 114 Å². The van der Waals surface area contributed by atoms with E-state index in [0.717, 1.165) is 24.0 Å². The minimum atomic E-state index is -0.169. The second-order valence-corrected chi connectivity index (χ2v) is 4.89. The highest BCUT2D eigenvalue weighted by Gasteiger charge is 2.31. The minimum absolute atomic E-state index is 0.169. The second kappa shape index (κ2) is 5.35. The van der Waals surface area contributed by atoms with Gasteiger partial charge in [-0.2, -0.15) is 0 Å². The van der Waals surface area contributed by atoms with Gasteiger partial charge in [0, 0.05) is 5.41 Å². The molecule has 2 heteroatoms. The van der Waals surface area contributed by atoms with Gasteiger partial charge < -0.3 is 10.2 Å². The lowest BCUT2D eigenvalue weighted by Gasteiger charge is -2.33. The van der Waals surface area contributed by atoms with Crippen molar-refractivity contribution in [2.24, 2.45) is 0 Å². The topological polar surface area (TPSA) is 40.5 Å². The largest absolute Gasteiger partial charge is 0.508 e. The average Bonchev–Trinajstić information content (AvgIpc) is 2.41. The standard InChI is InChI=1S/C17H20O2/c1-3-17(4-2,13-7-5-9-15(18)11-13)14-8-6-10-16(19)12-14/h5-12,18-19H,3-4H2,1-2H3. The fourth-order valence-electron chi connectivity index (χ4n) is 2.84. The molecule has 2 aromatic carbocycles. The van der Waals surface area contributed by atoms with Gasteiger partial charge in [0.2, 0.25) is 0 Å².